The number of carbonyl (C=O) groups excluding carboxylic acids is 1. The number of alkyl halides is 3. The van der Waals surface area contributed by atoms with Crippen LogP contribution in [0.2, 0.25) is 0 Å². The monoisotopic (exact) mass is 269 g/mol. The maximum absolute atomic E-state index is 12.5. The molecule has 1 unspecified atom stereocenters. The second kappa shape index (κ2) is 7.61. The van der Waals surface area contributed by atoms with Crippen molar-refractivity contribution in [3.05, 3.63) is 0 Å². The number of amides is 1. The molecule has 0 aliphatic carbocycles. The molecule has 3 nitrogen and oxygen atoms in total. The van der Waals surface area contributed by atoms with Crippen LogP contribution in [-0.2, 0) is 4.79 Å². The minimum Gasteiger partial charge on any atom is -0.393 e. The van der Waals surface area contributed by atoms with E-state index in [9.17, 15) is 18.0 Å². The average Bonchev–Trinajstić information content (AvgIpc) is 2.24. The zero-order chi connectivity index (χ0) is 14.3. The van der Waals surface area contributed by atoms with Crippen LogP contribution < -0.4 is 0 Å². The Morgan fingerprint density at radius 2 is 1.78 bits per heavy atom. The number of hydrogen-bond donors (Lipinski definition) is 1. The predicted molar refractivity (Wildman–Crippen MR) is 63.1 cm³/mol. The first-order valence-electron chi connectivity index (χ1n) is 6.25. The summed E-state index contributed by atoms with van der Waals surface area (Å²) in [4.78, 5) is 12.7. The molecule has 1 N–H and O–H groups in total. The van der Waals surface area contributed by atoms with Crippen molar-refractivity contribution < 1.29 is 23.1 Å². The predicted octanol–water partition coefficient (Wildman–Crippen LogP) is 2.73. The van der Waals surface area contributed by atoms with Crippen molar-refractivity contribution >= 4 is 5.91 Å². The number of aliphatic hydroxyl groups is 1. The van der Waals surface area contributed by atoms with Crippen LogP contribution in [0.25, 0.3) is 0 Å². The molecule has 0 aliphatic rings. The van der Waals surface area contributed by atoms with E-state index in [0.717, 1.165) is 4.90 Å². The zero-order valence-electron chi connectivity index (χ0n) is 11.1. The lowest BCUT2D eigenvalue weighted by molar-refractivity contribution is -0.166. The molecule has 6 heteroatoms. The smallest absolute Gasteiger partial charge is 0.393 e. The molecule has 0 bridgehead atoms. The third-order valence-electron chi connectivity index (χ3n) is 2.83. The van der Waals surface area contributed by atoms with E-state index in [1.54, 1.807) is 13.8 Å². The summed E-state index contributed by atoms with van der Waals surface area (Å²) in [5.41, 5.74) is 0. The Morgan fingerprint density at radius 1 is 1.28 bits per heavy atom. The van der Waals surface area contributed by atoms with Crippen molar-refractivity contribution in [3.63, 3.8) is 0 Å². The Bertz CT molecular complexity index is 250. The second-order valence-electron chi connectivity index (χ2n) is 4.49. The molecular formula is C12H22F3NO2. The fourth-order valence-corrected chi connectivity index (χ4v) is 1.82. The highest BCUT2D eigenvalue weighted by Gasteiger charge is 2.35. The van der Waals surface area contributed by atoms with Crippen LogP contribution in [0.3, 0.4) is 0 Å². The summed E-state index contributed by atoms with van der Waals surface area (Å²) < 4.78 is 37.4. The molecule has 0 spiro atoms. The molecule has 0 saturated carbocycles. The summed E-state index contributed by atoms with van der Waals surface area (Å²) in [7, 11) is 0. The van der Waals surface area contributed by atoms with Gasteiger partial charge in [0.15, 0.2) is 0 Å². The molecule has 0 radical (unpaired) electrons. The fourth-order valence-electron chi connectivity index (χ4n) is 1.82. The molecule has 0 aromatic heterocycles. The number of halogens is 3. The van der Waals surface area contributed by atoms with Gasteiger partial charge in [0.2, 0.25) is 5.91 Å². The van der Waals surface area contributed by atoms with Gasteiger partial charge in [0.25, 0.3) is 0 Å². The van der Waals surface area contributed by atoms with E-state index in [4.69, 9.17) is 5.11 Å². The molecule has 1 atom stereocenters. The topological polar surface area (TPSA) is 40.5 Å². The van der Waals surface area contributed by atoms with Crippen LogP contribution in [0.15, 0.2) is 0 Å². The number of aliphatic hydroxyl groups excluding tert-OH is 1. The maximum Gasteiger partial charge on any atom is 0.406 e. The number of hydrogen-bond acceptors (Lipinski definition) is 2. The average molecular weight is 269 g/mol. The van der Waals surface area contributed by atoms with Crippen LogP contribution in [0.1, 0.15) is 46.5 Å². The highest BCUT2D eigenvalue weighted by atomic mass is 19.4. The number of nitrogens with zero attached hydrogens (tertiary/aromatic N) is 1. The van der Waals surface area contributed by atoms with Crippen molar-refractivity contribution in [2.75, 3.05) is 6.54 Å². The molecule has 0 fully saturated rings. The normalized spacial score (nSPS) is 13.8. The van der Waals surface area contributed by atoms with Gasteiger partial charge in [0.1, 0.15) is 6.54 Å². The largest absolute Gasteiger partial charge is 0.406 e. The van der Waals surface area contributed by atoms with E-state index in [0.29, 0.717) is 12.8 Å². The standard InChI is InChI=1S/C12H22F3NO2/c1-4-10(5-2)16(8-12(13,14)15)11(18)7-6-9(3)17/h9-10,17H,4-8H2,1-3H3. The van der Waals surface area contributed by atoms with Crippen LogP contribution >= 0.6 is 0 Å². The van der Waals surface area contributed by atoms with Gasteiger partial charge in [0, 0.05) is 12.5 Å². The van der Waals surface area contributed by atoms with E-state index in [2.05, 4.69) is 0 Å². The molecule has 108 valence electrons. The first-order valence-corrected chi connectivity index (χ1v) is 6.25. The summed E-state index contributed by atoms with van der Waals surface area (Å²) in [5.74, 6) is -0.540. The Morgan fingerprint density at radius 3 is 2.11 bits per heavy atom. The fraction of sp³-hybridized carbons (Fsp3) is 0.917. The van der Waals surface area contributed by atoms with E-state index in [1.165, 1.54) is 6.92 Å². The highest BCUT2D eigenvalue weighted by molar-refractivity contribution is 5.76. The van der Waals surface area contributed by atoms with Crippen molar-refractivity contribution in [1.82, 2.24) is 4.90 Å². The Labute approximate surface area is 106 Å². The van der Waals surface area contributed by atoms with Gasteiger partial charge < -0.3 is 10.0 Å². The van der Waals surface area contributed by atoms with Gasteiger partial charge >= 0.3 is 6.18 Å². The molecule has 0 aromatic carbocycles. The SMILES string of the molecule is CCC(CC)N(CC(F)(F)F)C(=O)CCC(C)O. The Hall–Kier alpha value is -0.780. The van der Waals surface area contributed by atoms with Crippen molar-refractivity contribution in [1.29, 1.82) is 0 Å². The molecule has 0 saturated heterocycles. The lowest BCUT2D eigenvalue weighted by Crippen LogP contribution is -2.45. The van der Waals surface area contributed by atoms with Gasteiger partial charge in [-0.3, -0.25) is 4.79 Å². The minimum absolute atomic E-state index is 0.0513. The van der Waals surface area contributed by atoms with Gasteiger partial charge in [-0.25, -0.2) is 0 Å². The molecule has 0 rings (SSSR count). The van der Waals surface area contributed by atoms with Crippen LogP contribution in [0.5, 0.6) is 0 Å². The Balaban J connectivity index is 4.69. The number of carbonyl (C=O) groups is 1. The molecule has 0 aromatic rings. The van der Waals surface area contributed by atoms with Crippen molar-refractivity contribution in [2.45, 2.75) is 64.8 Å². The van der Waals surface area contributed by atoms with Crippen LogP contribution in [0.4, 0.5) is 13.2 Å². The maximum atomic E-state index is 12.5. The third-order valence-corrected chi connectivity index (χ3v) is 2.83. The first kappa shape index (κ1) is 17.2. The second-order valence-corrected chi connectivity index (χ2v) is 4.49. The summed E-state index contributed by atoms with van der Waals surface area (Å²) in [6.07, 6.45) is -3.94. The third kappa shape index (κ3) is 6.83. The van der Waals surface area contributed by atoms with Crippen LogP contribution in [-0.4, -0.2) is 40.8 Å². The minimum atomic E-state index is -4.39. The van der Waals surface area contributed by atoms with E-state index < -0.39 is 30.8 Å². The summed E-state index contributed by atoms with van der Waals surface area (Å²) in [5, 5.41) is 9.08. The number of rotatable bonds is 7. The van der Waals surface area contributed by atoms with Gasteiger partial charge in [0.05, 0.1) is 6.10 Å². The van der Waals surface area contributed by atoms with Gasteiger partial charge in [-0.05, 0) is 26.2 Å². The van der Waals surface area contributed by atoms with E-state index in [-0.39, 0.29) is 12.8 Å². The van der Waals surface area contributed by atoms with Gasteiger partial charge in [-0.2, -0.15) is 13.2 Å². The van der Waals surface area contributed by atoms with Crippen molar-refractivity contribution in [2.24, 2.45) is 0 Å². The summed E-state index contributed by atoms with van der Waals surface area (Å²) in [6.45, 7) is 3.83. The van der Waals surface area contributed by atoms with Crippen molar-refractivity contribution in [3.8, 4) is 0 Å². The highest BCUT2D eigenvalue weighted by Crippen LogP contribution is 2.21. The van der Waals surface area contributed by atoms with E-state index >= 15 is 0 Å². The summed E-state index contributed by atoms with van der Waals surface area (Å²) in [6, 6.07) is -0.395. The molecular weight excluding hydrogens is 247 g/mol. The van der Waals surface area contributed by atoms with Crippen LogP contribution in [0, 0.1) is 0 Å². The molecule has 18 heavy (non-hydrogen) atoms. The van der Waals surface area contributed by atoms with Gasteiger partial charge in [-0.15, -0.1) is 0 Å². The summed E-state index contributed by atoms with van der Waals surface area (Å²) >= 11 is 0. The lowest BCUT2D eigenvalue weighted by Gasteiger charge is -2.31. The first-order chi connectivity index (χ1) is 8.21. The van der Waals surface area contributed by atoms with Gasteiger partial charge in [-0.1, -0.05) is 13.8 Å². The Kier molecular flexibility index (Phi) is 7.28. The molecule has 0 aliphatic heterocycles. The molecule has 0 heterocycles. The zero-order valence-corrected chi connectivity index (χ0v) is 11.1. The van der Waals surface area contributed by atoms with E-state index in [1.807, 2.05) is 0 Å². The lowest BCUT2D eigenvalue weighted by atomic mass is 10.1. The molecule has 1 amide bonds. The quantitative estimate of drug-likeness (QED) is 0.772.